The standard InChI is InChI=1S/C20H24N2O/c1-2-10-21-12-14-22(15-13-21)11-9-20(23)19-8-7-17-5-3-4-6-18(17)16-19/h3-9,11,16H,2,10,12-15H2,1H3. The normalized spacial score (nSPS) is 16.3. The van der Waals surface area contributed by atoms with E-state index in [1.807, 2.05) is 42.6 Å². The summed E-state index contributed by atoms with van der Waals surface area (Å²) in [4.78, 5) is 17.1. The van der Waals surface area contributed by atoms with Gasteiger partial charge in [-0.25, -0.2) is 0 Å². The molecule has 120 valence electrons. The smallest absolute Gasteiger partial charge is 0.187 e. The summed E-state index contributed by atoms with van der Waals surface area (Å²) in [5.74, 6) is 0.0757. The number of hydrogen-bond acceptors (Lipinski definition) is 3. The molecule has 1 fully saturated rings. The molecule has 0 radical (unpaired) electrons. The van der Waals surface area contributed by atoms with Crippen LogP contribution in [0.1, 0.15) is 23.7 Å². The Kier molecular flexibility index (Phi) is 5.09. The number of piperazine rings is 1. The SMILES string of the molecule is CCCN1CCN(C=CC(=O)c2ccc3ccccc3c2)CC1. The number of carbonyl (C=O) groups is 1. The van der Waals surface area contributed by atoms with Crippen LogP contribution >= 0.6 is 0 Å². The third-order valence-electron chi connectivity index (χ3n) is 4.42. The first-order valence-electron chi connectivity index (χ1n) is 8.44. The van der Waals surface area contributed by atoms with E-state index in [0.717, 1.165) is 37.1 Å². The maximum Gasteiger partial charge on any atom is 0.187 e. The second-order valence-electron chi connectivity index (χ2n) is 6.12. The van der Waals surface area contributed by atoms with Gasteiger partial charge in [-0.15, -0.1) is 0 Å². The second-order valence-corrected chi connectivity index (χ2v) is 6.12. The number of carbonyl (C=O) groups excluding carboxylic acids is 1. The summed E-state index contributed by atoms with van der Waals surface area (Å²) in [5.41, 5.74) is 0.754. The van der Waals surface area contributed by atoms with Crippen LogP contribution in [0.5, 0.6) is 0 Å². The number of benzene rings is 2. The zero-order valence-electron chi connectivity index (χ0n) is 13.7. The lowest BCUT2D eigenvalue weighted by molar-refractivity contribution is 0.104. The summed E-state index contributed by atoms with van der Waals surface area (Å²) in [6.45, 7) is 7.57. The zero-order valence-corrected chi connectivity index (χ0v) is 13.7. The molecule has 0 atom stereocenters. The summed E-state index contributed by atoms with van der Waals surface area (Å²) in [6.07, 6.45) is 4.87. The van der Waals surface area contributed by atoms with Gasteiger partial charge in [-0.2, -0.15) is 0 Å². The average molecular weight is 308 g/mol. The first-order valence-corrected chi connectivity index (χ1v) is 8.44. The van der Waals surface area contributed by atoms with Crippen LogP contribution in [-0.2, 0) is 0 Å². The molecule has 3 rings (SSSR count). The molecular weight excluding hydrogens is 284 g/mol. The highest BCUT2D eigenvalue weighted by Crippen LogP contribution is 2.16. The molecule has 23 heavy (non-hydrogen) atoms. The Hall–Kier alpha value is -2.13. The lowest BCUT2D eigenvalue weighted by Gasteiger charge is -2.33. The van der Waals surface area contributed by atoms with Gasteiger partial charge in [0.05, 0.1) is 0 Å². The van der Waals surface area contributed by atoms with Crippen LogP contribution in [0.4, 0.5) is 0 Å². The predicted octanol–water partition coefficient (Wildman–Crippen LogP) is 3.56. The Balaban J connectivity index is 1.62. The predicted molar refractivity (Wildman–Crippen MR) is 95.7 cm³/mol. The minimum Gasteiger partial charge on any atom is -0.375 e. The van der Waals surface area contributed by atoms with Crippen molar-refractivity contribution in [1.29, 1.82) is 0 Å². The van der Waals surface area contributed by atoms with E-state index in [1.54, 1.807) is 6.08 Å². The summed E-state index contributed by atoms with van der Waals surface area (Å²) < 4.78 is 0. The number of rotatable bonds is 5. The molecule has 0 bridgehead atoms. The molecule has 0 unspecified atom stereocenters. The van der Waals surface area contributed by atoms with E-state index in [1.165, 1.54) is 18.4 Å². The molecule has 2 aromatic carbocycles. The molecule has 0 N–H and O–H groups in total. The van der Waals surface area contributed by atoms with Gasteiger partial charge in [0.25, 0.3) is 0 Å². The molecular formula is C20H24N2O. The van der Waals surface area contributed by atoms with Crippen molar-refractivity contribution in [3.8, 4) is 0 Å². The van der Waals surface area contributed by atoms with E-state index in [0.29, 0.717) is 0 Å². The number of ketones is 1. The molecule has 0 saturated carbocycles. The Morgan fingerprint density at radius 1 is 1.04 bits per heavy atom. The van der Waals surface area contributed by atoms with Crippen LogP contribution in [-0.4, -0.2) is 48.3 Å². The van der Waals surface area contributed by atoms with E-state index in [-0.39, 0.29) is 5.78 Å². The summed E-state index contributed by atoms with van der Waals surface area (Å²) in [6, 6.07) is 14.0. The third-order valence-corrected chi connectivity index (χ3v) is 4.42. The maximum atomic E-state index is 12.4. The molecule has 3 heteroatoms. The Morgan fingerprint density at radius 2 is 1.78 bits per heavy atom. The third kappa shape index (κ3) is 3.99. The van der Waals surface area contributed by atoms with Crippen molar-refractivity contribution in [3.63, 3.8) is 0 Å². The number of allylic oxidation sites excluding steroid dienone is 1. The van der Waals surface area contributed by atoms with Crippen LogP contribution in [0.2, 0.25) is 0 Å². The van der Waals surface area contributed by atoms with E-state index in [2.05, 4.69) is 22.8 Å². The van der Waals surface area contributed by atoms with Gasteiger partial charge in [-0.3, -0.25) is 9.69 Å². The van der Waals surface area contributed by atoms with Gasteiger partial charge in [-0.05, 0) is 29.8 Å². The Bertz CT molecular complexity index is 700. The van der Waals surface area contributed by atoms with Crippen molar-refractivity contribution in [1.82, 2.24) is 9.80 Å². The molecule has 1 aliphatic rings. The Morgan fingerprint density at radius 3 is 2.52 bits per heavy atom. The molecule has 3 nitrogen and oxygen atoms in total. The summed E-state index contributed by atoms with van der Waals surface area (Å²) >= 11 is 0. The first-order chi connectivity index (χ1) is 11.3. The van der Waals surface area contributed by atoms with Crippen molar-refractivity contribution in [3.05, 3.63) is 60.3 Å². The fraction of sp³-hybridized carbons (Fsp3) is 0.350. The average Bonchev–Trinajstić information content (AvgIpc) is 2.60. The highest BCUT2D eigenvalue weighted by Gasteiger charge is 2.13. The van der Waals surface area contributed by atoms with E-state index >= 15 is 0 Å². The van der Waals surface area contributed by atoms with Gasteiger partial charge in [-0.1, -0.05) is 43.3 Å². The first kappa shape index (κ1) is 15.8. The van der Waals surface area contributed by atoms with Crippen molar-refractivity contribution in [2.75, 3.05) is 32.7 Å². The fourth-order valence-corrected chi connectivity index (χ4v) is 3.06. The molecule has 2 aromatic rings. The molecule has 0 aromatic heterocycles. The number of nitrogens with zero attached hydrogens (tertiary/aromatic N) is 2. The van der Waals surface area contributed by atoms with Crippen molar-refractivity contribution < 1.29 is 4.79 Å². The quantitative estimate of drug-likeness (QED) is 0.623. The van der Waals surface area contributed by atoms with Crippen LogP contribution < -0.4 is 0 Å². The minimum atomic E-state index is 0.0757. The number of fused-ring (bicyclic) bond motifs is 1. The topological polar surface area (TPSA) is 23.6 Å². The van der Waals surface area contributed by atoms with Gasteiger partial charge < -0.3 is 4.90 Å². The van der Waals surface area contributed by atoms with Gasteiger partial charge >= 0.3 is 0 Å². The van der Waals surface area contributed by atoms with Crippen LogP contribution in [0.3, 0.4) is 0 Å². The van der Waals surface area contributed by atoms with Crippen molar-refractivity contribution in [2.24, 2.45) is 0 Å². The molecule has 1 heterocycles. The van der Waals surface area contributed by atoms with E-state index < -0.39 is 0 Å². The number of hydrogen-bond donors (Lipinski definition) is 0. The molecule has 1 aliphatic heterocycles. The van der Waals surface area contributed by atoms with Gasteiger partial charge in [0.1, 0.15) is 0 Å². The highest BCUT2D eigenvalue weighted by molar-refractivity contribution is 6.06. The molecule has 1 saturated heterocycles. The molecule has 0 spiro atoms. The zero-order chi connectivity index (χ0) is 16.1. The molecule has 0 amide bonds. The van der Waals surface area contributed by atoms with Crippen LogP contribution in [0.15, 0.2) is 54.7 Å². The summed E-state index contributed by atoms with van der Waals surface area (Å²) in [7, 11) is 0. The second kappa shape index (κ2) is 7.42. The Labute approximate surface area is 138 Å². The van der Waals surface area contributed by atoms with Crippen molar-refractivity contribution in [2.45, 2.75) is 13.3 Å². The minimum absolute atomic E-state index is 0.0757. The maximum absolute atomic E-state index is 12.4. The lowest BCUT2D eigenvalue weighted by atomic mass is 10.0. The van der Waals surface area contributed by atoms with Crippen LogP contribution in [0.25, 0.3) is 10.8 Å². The van der Waals surface area contributed by atoms with Gasteiger partial charge in [0.15, 0.2) is 5.78 Å². The monoisotopic (exact) mass is 308 g/mol. The van der Waals surface area contributed by atoms with Gasteiger partial charge in [0, 0.05) is 44.0 Å². The fourth-order valence-electron chi connectivity index (χ4n) is 3.06. The van der Waals surface area contributed by atoms with Crippen molar-refractivity contribution >= 4 is 16.6 Å². The van der Waals surface area contributed by atoms with E-state index in [9.17, 15) is 4.79 Å². The van der Waals surface area contributed by atoms with Gasteiger partial charge in [0.2, 0.25) is 0 Å². The summed E-state index contributed by atoms with van der Waals surface area (Å²) in [5, 5.41) is 2.28. The van der Waals surface area contributed by atoms with Crippen LogP contribution in [0, 0.1) is 0 Å². The lowest BCUT2D eigenvalue weighted by Crippen LogP contribution is -2.44. The highest BCUT2D eigenvalue weighted by atomic mass is 16.1. The largest absolute Gasteiger partial charge is 0.375 e. The van der Waals surface area contributed by atoms with E-state index in [4.69, 9.17) is 0 Å². The molecule has 0 aliphatic carbocycles.